The Balaban J connectivity index is 1.74. The van der Waals surface area contributed by atoms with E-state index in [2.05, 4.69) is 20.5 Å². The van der Waals surface area contributed by atoms with Crippen LogP contribution in [0.4, 0.5) is 0 Å². The Labute approximate surface area is 148 Å². The van der Waals surface area contributed by atoms with Crippen molar-refractivity contribution in [2.24, 2.45) is 0 Å². The van der Waals surface area contributed by atoms with Crippen molar-refractivity contribution in [3.63, 3.8) is 0 Å². The number of hydrogen-bond donors (Lipinski definition) is 1. The molecule has 0 spiro atoms. The van der Waals surface area contributed by atoms with Gasteiger partial charge in [0.15, 0.2) is 5.69 Å². The van der Waals surface area contributed by atoms with Crippen LogP contribution in [0.25, 0.3) is 0 Å². The van der Waals surface area contributed by atoms with Crippen molar-refractivity contribution in [2.75, 3.05) is 7.05 Å². The van der Waals surface area contributed by atoms with E-state index in [0.717, 1.165) is 29.8 Å². The number of aryl methyl sites for hydroxylation is 2. The standard InChI is InChI=1S/C18H28N6O/c1-12-17(13(2)20-19-12)14(3)23(4)18(25)16-11-24(22-21-16)15-9-7-5-6-8-10-15/h11,14-15H,5-10H2,1-4H3,(H,19,20)/t14-/m1/s1. The number of H-pyrrole nitrogens is 1. The topological polar surface area (TPSA) is 79.7 Å². The fraction of sp³-hybridized carbons (Fsp3) is 0.667. The second kappa shape index (κ2) is 7.37. The summed E-state index contributed by atoms with van der Waals surface area (Å²) < 4.78 is 1.89. The molecule has 2 aromatic rings. The van der Waals surface area contributed by atoms with Crippen molar-refractivity contribution in [1.29, 1.82) is 0 Å². The highest BCUT2D eigenvalue weighted by molar-refractivity contribution is 5.92. The van der Waals surface area contributed by atoms with Crippen LogP contribution in [0.5, 0.6) is 0 Å². The summed E-state index contributed by atoms with van der Waals surface area (Å²) >= 11 is 0. The summed E-state index contributed by atoms with van der Waals surface area (Å²) in [6.07, 6.45) is 9.10. The molecular formula is C18H28N6O. The van der Waals surface area contributed by atoms with Gasteiger partial charge in [0.2, 0.25) is 0 Å². The number of nitrogens with one attached hydrogen (secondary N) is 1. The Kier molecular flexibility index (Phi) is 5.20. The first-order chi connectivity index (χ1) is 12.0. The monoisotopic (exact) mass is 344 g/mol. The second-order valence-electron chi connectivity index (χ2n) is 7.17. The lowest BCUT2D eigenvalue weighted by atomic mass is 10.1. The molecule has 3 rings (SSSR count). The molecular weight excluding hydrogens is 316 g/mol. The van der Waals surface area contributed by atoms with Crippen molar-refractivity contribution >= 4 is 5.91 Å². The smallest absolute Gasteiger partial charge is 0.276 e. The Bertz CT molecular complexity index is 706. The number of hydrogen-bond acceptors (Lipinski definition) is 4. The van der Waals surface area contributed by atoms with Gasteiger partial charge in [0.05, 0.1) is 24.0 Å². The van der Waals surface area contributed by atoms with Gasteiger partial charge < -0.3 is 4.90 Å². The quantitative estimate of drug-likeness (QED) is 0.863. The van der Waals surface area contributed by atoms with Crippen molar-refractivity contribution < 1.29 is 4.79 Å². The first-order valence-electron chi connectivity index (χ1n) is 9.19. The van der Waals surface area contributed by atoms with Gasteiger partial charge in [-0.05, 0) is 33.6 Å². The predicted octanol–water partition coefficient (Wildman–Crippen LogP) is 3.35. The van der Waals surface area contributed by atoms with Crippen molar-refractivity contribution in [2.45, 2.75) is 71.4 Å². The highest BCUT2D eigenvalue weighted by Crippen LogP contribution is 2.27. The van der Waals surface area contributed by atoms with E-state index in [1.165, 1.54) is 25.7 Å². The van der Waals surface area contributed by atoms with E-state index < -0.39 is 0 Å². The molecule has 2 aromatic heterocycles. The molecule has 7 heteroatoms. The molecule has 25 heavy (non-hydrogen) atoms. The van der Waals surface area contributed by atoms with E-state index in [9.17, 15) is 4.79 Å². The molecule has 1 amide bonds. The highest BCUT2D eigenvalue weighted by atomic mass is 16.2. The minimum Gasteiger partial charge on any atom is -0.333 e. The van der Waals surface area contributed by atoms with Crippen LogP contribution in [-0.4, -0.2) is 43.0 Å². The largest absolute Gasteiger partial charge is 0.333 e. The molecule has 0 bridgehead atoms. The Morgan fingerprint density at radius 3 is 2.56 bits per heavy atom. The molecule has 7 nitrogen and oxygen atoms in total. The Morgan fingerprint density at radius 1 is 1.28 bits per heavy atom. The lowest BCUT2D eigenvalue weighted by Crippen LogP contribution is -2.30. The zero-order chi connectivity index (χ0) is 18.0. The molecule has 1 aliphatic rings. The van der Waals surface area contributed by atoms with Crippen LogP contribution >= 0.6 is 0 Å². The third kappa shape index (κ3) is 3.60. The van der Waals surface area contributed by atoms with Gasteiger partial charge in [-0.1, -0.05) is 30.9 Å². The number of carbonyl (C=O) groups is 1. The average molecular weight is 344 g/mol. The van der Waals surface area contributed by atoms with Gasteiger partial charge in [0.1, 0.15) is 0 Å². The van der Waals surface area contributed by atoms with Gasteiger partial charge in [-0.25, -0.2) is 4.68 Å². The predicted molar refractivity (Wildman–Crippen MR) is 95.3 cm³/mol. The second-order valence-corrected chi connectivity index (χ2v) is 7.17. The normalized spacial score (nSPS) is 17.3. The molecule has 1 saturated carbocycles. The molecule has 1 aliphatic carbocycles. The fourth-order valence-corrected chi connectivity index (χ4v) is 3.80. The summed E-state index contributed by atoms with van der Waals surface area (Å²) in [5.74, 6) is -0.104. The van der Waals surface area contributed by atoms with Crippen LogP contribution in [-0.2, 0) is 0 Å². The zero-order valence-electron chi connectivity index (χ0n) is 15.6. The summed E-state index contributed by atoms with van der Waals surface area (Å²) in [6, 6.07) is 0.298. The molecule has 2 heterocycles. The molecule has 0 unspecified atom stereocenters. The number of carbonyl (C=O) groups excluding carboxylic acids is 1. The molecule has 0 aromatic carbocycles. The van der Waals surface area contributed by atoms with E-state index in [-0.39, 0.29) is 11.9 Å². The summed E-state index contributed by atoms with van der Waals surface area (Å²) in [5, 5.41) is 15.6. The number of nitrogens with zero attached hydrogens (tertiary/aromatic N) is 5. The maximum absolute atomic E-state index is 12.8. The van der Waals surface area contributed by atoms with Gasteiger partial charge in [-0.15, -0.1) is 5.10 Å². The first kappa shape index (κ1) is 17.6. The van der Waals surface area contributed by atoms with E-state index in [1.807, 2.05) is 38.7 Å². The van der Waals surface area contributed by atoms with Crippen LogP contribution in [0.3, 0.4) is 0 Å². The average Bonchev–Trinajstić information content (AvgIpc) is 3.11. The summed E-state index contributed by atoms with van der Waals surface area (Å²) in [7, 11) is 1.81. The molecule has 0 saturated heterocycles. The van der Waals surface area contributed by atoms with Crippen LogP contribution in [0, 0.1) is 13.8 Å². The van der Waals surface area contributed by atoms with Gasteiger partial charge in [0, 0.05) is 18.3 Å². The van der Waals surface area contributed by atoms with Gasteiger partial charge in [-0.3, -0.25) is 9.89 Å². The maximum atomic E-state index is 12.8. The first-order valence-corrected chi connectivity index (χ1v) is 9.19. The number of aromatic nitrogens is 5. The van der Waals surface area contributed by atoms with Gasteiger partial charge in [0.25, 0.3) is 5.91 Å². The maximum Gasteiger partial charge on any atom is 0.276 e. The van der Waals surface area contributed by atoms with E-state index >= 15 is 0 Å². The SMILES string of the molecule is Cc1n[nH]c(C)c1[C@@H](C)N(C)C(=O)c1cn(C2CCCCCC2)nn1. The van der Waals surface area contributed by atoms with Crippen LogP contribution in [0.2, 0.25) is 0 Å². The molecule has 1 fully saturated rings. The van der Waals surface area contributed by atoms with Crippen LogP contribution < -0.4 is 0 Å². The number of aromatic amines is 1. The van der Waals surface area contributed by atoms with E-state index in [4.69, 9.17) is 0 Å². The number of amides is 1. The minimum absolute atomic E-state index is 0.0747. The van der Waals surface area contributed by atoms with Gasteiger partial charge in [-0.2, -0.15) is 5.10 Å². The molecule has 1 atom stereocenters. The lowest BCUT2D eigenvalue weighted by Gasteiger charge is -2.24. The summed E-state index contributed by atoms with van der Waals surface area (Å²) in [4.78, 5) is 14.6. The van der Waals surface area contributed by atoms with E-state index in [0.29, 0.717) is 11.7 Å². The summed E-state index contributed by atoms with van der Waals surface area (Å²) in [6.45, 7) is 5.95. The minimum atomic E-state index is -0.104. The summed E-state index contributed by atoms with van der Waals surface area (Å²) in [5.41, 5.74) is 3.39. The fourth-order valence-electron chi connectivity index (χ4n) is 3.80. The third-order valence-corrected chi connectivity index (χ3v) is 5.43. The molecule has 0 aliphatic heterocycles. The highest BCUT2D eigenvalue weighted by Gasteiger charge is 2.26. The van der Waals surface area contributed by atoms with Crippen molar-refractivity contribution in [1.82, 2.24) is 30.1 Å². The third-order valence-electron chi connectivity index (χ3n) is 5.43. The van der Waals surface area contributed by atoms with Crippen molar-refractivity contribution in [3.05, 3.63) is 28.8 Å². The number of rotatable bonds is 4. The zero-order valence-corrected chi connectivity index (χ0v) is 15.6. The van der Waals surface area contributed by atoms with Crippen LogP contribution in [0.15, 0.2) is 6.20 Å². The van der Waals surface area contributed by atoms with E-state index in [1.54, 1.807) is 4.90 Å². The lowest BCUT2D eigenvalue weighted by molar-refractivity contribution is 0.0736. The Morgan fingerprint density at radius 2 is 1.96 bits per heavy atom. The van der Waals surface area contributed by atoms with Crippen LogP contribution in [0.1, 0.15) is 85.0 Å². The molecule has 0 radical (unpaired) electrons. The molecule has 1 N–H and O–H groups in total. The van der Waals surface area contributed by atoms with Crippen molar-refractivity contribution in [3.8, 4) is 0 Å². The Hall–Kier alpha value is -2.18. The van der Waals surface area contributed by atoms with Gasteiger partial charge >= 0.3 is 0 Å². The molecule has 136 valence electrons.